The number of amides is 1. The van der Waals surface area contributed by atoms with E-state index in [0.29, 0.717) is 5.56 Å². The lowest BCUT2D eigenvalue weighted by Gasteiger charge is -2.07. The monoisotopic (exact) mass is 303 g/mol. The van der Waals surface area contributed by atoms with Crippen LogP contribution in [0.2, 0.25) is 0 Å². The van der Waals surface area contributed by atoms with E-state index in [1.807, 2.05) is 67.6 Å². The summed E-state index contributed by atoms with van der Waals surface area (Å²) in [5.41, 5.74) is 5.83. The molecule has 4 heteroatoms. The van der Waals surface area contributed by atoms with Crippen LogP contribution in [0.25, 0.3) is 10.9 Å². The molecule has 0 fully saturated rings. The minimum absolute atomic E-state index is 0.231. The van der Waals surface area contributed by atoms with Crippen molar-refractivity contribution in [3.05, 3.63) is 77.5 Å². The van der Waals surface area contributed by atoms with Crippen molar-refractivity contribution in [2.75, 3.05) is 0 Å². The number of hydrazone groups is 1. The third-order valence-electron chi connectivity index (χ3n) is 3.56. The van der Waals surface area contributed by atoms with Gasteiger partial charge in [-0.2, -0.15) is 5.10 Å². The average molecular weight is 303 g/mol. The van der Waals surface area contributed by atoms with E-state index in [1.165, 1.54) is 0 Å². The predicted molar refractivity (Wildman–Crippen MR) is 92.6 cm³/mol. The Labute approximate surface area is 134 Å². The molecule has 4 nitrogen and oxygen atoms in total. The van der Waals surface area contributed by atoms with E-state index in [9.17, 15) is 4.79 Å². The Morgan fingerprint density at radius 3 is 2.65 bits per heavy atom. The maximum Gasteiger partial charge on any atom is 0.272 e. The van der Waals surface area contributed by atoms with Crippen LogP contribution < -0.4 is 5.43 Å². The number of hydrogen-bond donors (Lipinski definition) is 1. The number of rotatable bonds is 4. The zero-order valence-corrected chi connectivity index (χ0v) is 12.9. The second kappa shape index (κ2) is 6.83. The number of nitrogens with zero attached hydrogens (tertiary/aromatic N) is 2. The van der Waals surface area contributed by atoms with Gasteiger partial charge in [0.15, 0.2) is 0 Å². The summed E-state index contributed by atoms with van der Waals surface area (Å²) in [6.07, 6.45) is 2.40. The van der Waals surface area contributed by atoms with Gasteiger partial charge >= 0.3 is 0 Å². The van der Waals surface area contributed by atoms with E-state index in [-0.39, 0.29) is 5.91 Å². The first-order valence-corrected chi connectivity index (χ1v) is 7.55. The summed E-state index contributed by atoms with van der Waals surface area (Å²) in [6.45, 7) is 2.02. The predicted octanol–water partition coefficient (Wildman–Crippen LogP) is 3.56. The normalized spacial score (nSPS) is 11.0. The topological polar surface area (TPSA) is 54.4 Å². The highest BCUT2D eigenvalue weighted by atomic mass is 16.2. The fraction of sp³-hybridized carbons (Fsp3) is 0.105. The highest BCUT2D eigenvalue weighted by Gasteiger charge is 2.11. The van der Waals surface area contributed by atoms with Crippen LogP contribution >= 0.6 is 0 Å². The first kappa shape index (κ1) is 14.9. The van der Waals surface area contributed by atoms with Gasteiger partial charge in [-0.05, 0) is 24.1 Å². The molecule has 3 aromatic rings. The third-order valence-corrected chi connectivity index (χ3v) is 3.56. The molecule has 1 aromatic heterocycles. The zero-order chi connectivity index (χ0) is 16.1. The molecule has 0 aliphatic heterocycles. The minimum atomic E-state index is -0.231. The van der Waals surface area contributed by atoms with Gasteiger partial charge in [-0.3, -0.25) is 9.78 Å². The molecule has 0 saturated heterocycles. The van der Waals surface area contributed by atoms with Crippen molar-refractivity contribution in [3.63, 3.8) is 0 Å². The quantitative estimate of drug-likeness (QED) is 0.592. The summed E-state index contributed by atoms with van der Waals surface area (Å²) < 4.78 is 0. The lowest BCUT2D eigenvalue weighted by atomic mass is 10.1. The second-order valence-corrected chi connectivity index (χ2v) is 5.14. The van der Waals surface area contributed by atoms with Gasteiger partial charge < -0.3 is 0 Å². The number of aromatic nitrogens is 1. The molecule has 1 heterocycles. The Morgan fingerprint density at radius 1 is 1.13 bits per heavy atom. The van der Waals surface area contributed by atoms with Crippen molar-refractivity contribution >= 4 is 23.0 Å². The molecule has 3 rings (SSSR count). The SMILES string of the molecule is CCc1cc(C(=O)N/N=C/c2ccccc2)c2ccccc2n1. The van der Waals surface area contributed by atoms with Gasteiger partial charge in [-0.25, -0.2) is 5.43 Å². The minimum Gasteiger partial charge on any atom is -0.267 e. The summed E-state index contributed by atoms with van der Waals surface area (Å²) in [4.78, 5) is 17.0. The number of carbonyl (C=O) groups is 1. The number of pyridine rings is 1. The molecule has 0 radical (unpaired) electrons. The van der Waals surface area contributed by atoms with E-state index < -0.39 is 0 Å². The summed E-state index contributed by atoms with van der Waals surface area (Å²) >= 11 is 0. The van der Waals surface area contributed by atoms with Crippen LogP contribution in [0, 0.1) is 0 Å². The summed E-state index contributed by atoms with van der Waals surface area (Å²) in [6, 6.07) is 19.1. The third kappa shape index (κ3) is 3.43. The molecule has 1 N–H and O–H groups in total. The van der Waals surface area contributed by atoms with E-state index in [2.05, 4.69) is 15.5 Å². The fourth-order valence-electron chi connectivity index (χ4n) is 2.36. The molecule has 0 unspecified atom stereocenters. The zero-order valence-electron chi connectivity index (χ0n) is 12.9. The number of aryl methyl sites for hydroxylation is 1. The molecule has 23 heavy (non-hydrogen) atoms. The number of carbonyl (C=O) groups excluding carboxylic acids is 1. The Balaban J connectivity index is 1.87. The number of para-hydroxylation sites is 1. The first-order valence-electron chi connectivity index (χ1n) is 7.55. The summed E-state index contributed by atoms with van der Waals surface area (Å²) in [7, 11) is 0. The molecule has 2 aromatic carbocycles. The molecular weight excluding hydrogens is 286 g/mol. The molecule has 0 bridgehead atoms. The van der Waals surface area contributed by atoms with Crippen molar-refractivity contribution in [1.29, 1.82) is 0 Å². The Hall–Kier alpha value is -3.01. The second-order valence-electron chi connectivity index (χ2n) is 5.14. The fourth-order valence-corrected chi connectivity index (χ4v) is 2.36. The van der Waals surface area contributed by atoms with Crippen molar-refractivity contribution < 1.29 is 4.79 Å². The lowest BCUT2D eigenvalue weighted by Crippen LogP contribution is -2.18. The van der Waals surface area contributed by atoms with Gasteiger partial charge in [0.25, 0.3) is 5.91 Å². The van der Waals surface area contributed by atoms with Crippen LogP contribution in [-0.4, -0.2) is 17.1 Å². The van der Waals surface area contributed by atoms with Gasteiger partial charge in [-0.15, -0.1) is 0 Å². The first-order chi connectivity index (χ1) is 11.3. The van der Waals surface area contributed by atoms with Crippen LogP contribution in [0.3, 0.4) is 0 Å². The number of fused-ring (bicyclic) bond motifs is 1. The van der Waals surface area contributed by atoms with E-state index in [4.69, 9.17) is 0 Å². The van der Waals surface area contributed by atoms with Crippen molar-refractivity contribution in [2.24, 2.45) is 5.10 Å². The standard InChI is InChI=1S/C19H17N3O/c1-2-15-12-17(16-10-6-7-11-18(16)21-15)19(23)22-20-13-14-8-4-3-5-9-14/h3-13H,2H2,1H3,(H,22,23)/b20-13+. The highest BCUT2D eigenvalue weighted by molar-refractivity contribution is 6.06. The molecule has 1 amide bonds. The molecule has 0 atom stereocenters. The van der Waals surface area contributed by atoms with Gasteiger partial charge in [0.2, 0.25) is 0 Å². The van der Waals surface area contributed by atoms with Crippen LogP contribution in [0.15, 0.2) is 65.8 Å². The maximum absolute atomic E-state index is 12.5. The van der Waals surface area contributed by atoms with Crippen LogP contribution in [0.4, 0.5) is 0 Å². The van der Waals surface area contributed by atoms with Gasteiger partial charge in [-0.1, -0.05) is 55.5 Å². The molecule has 114 valence electrons. The van der Waals surface area contributed by atoms with E-state index in [0.717, 1.165) is 28.6 Å². The van der Waals surface area contributed by atoms with Crippen LogP contribution in [-0.2, 0) is 6.42 Å². The molecule has 0 spiro atoms. The largest absolute Gasteiger partial charge is 0.272 e. The van der Waals surface area contributed by atoms with Crippen LogP contribution in [0.1, 0.15) is 28.5 Å². The number of hydrogen-bond acceptors (Lipinski definition) is 3. The molecule has 0 aliphatic rings. The van der Waals surface area contributed by atoms with Crippen LogP contribution in [0.5, 0.6) is 0 Å². The Bertz CT molecular complexity index is 857. The van der Waals surface area contributed by atoms with Crippen molar-refractivity contribution in [3.8, 4) is 0 Å². The van der Waals surface area contributed by atoms with Gasteiger partial charge in [0.05, 0.1) is 17.3 Å². The van der Waals surface area contributed by atoms with Crippen molar-refractivity contribution in [1.82, 2.24) is 10.4 Å². The average Bonchev–Trinajstić information content (AvgIpc) is 2.61. The number of nitrogens with one attached hydrogen (secondary N) is 1. The smallest absolute Gasteiger partial charge is 0.267 e. The summed E-state index contributed by atoms with van der Waals surface area (Å²) in [5.74, 6) is -0.231. The molecule has 0 saturated carbocycles. The highest BCUT2D eigenvalue weighted by Crippen LogP contribution is 2.18. The molecule has 0 aliphatic carbocycles. The number of benzene rings is 2. The molecular formula is C19H17N3O. The van der Waals surface area contributed by atoms with E-state index >= 15 is 0 Å². The summed E-state index contributed by atoms with van der Waals surface area (Å²) in [5, 5.41) is 4.87. The lowest BCUT2D eigenvalue weighted by molar-refractivity contribution is 0.0956. The van der Waals surface area contributed by atoms with Crippen molar-refractivity contribution in [2.45, 2.75) is 13.3 Å². The van der Waals surface area contributed by atoms with E-state index in [1.54, 1.807) is 6.21 Å². The van der Waals surface area contributed by atoms with Gasteiger partial charge in [0.1, 0.15) is 0 Å². The van der Waals surface area contributed by atoms with Gasteiger partial charge in [0, 0.05) is 11.1 Å². The Kier molecular flexibility index (Phi) is 4.43. The maximum atomic E-state index is 12.5. The Morgan fingerprint density at radius 2 is 1.87 bits per heavy atom.